The molecule has 0 spiro atoms. The molecule has 0 radical (unpaired) electrons. The van der Waals surface area contributed by atoms with E-state index >= 15 is 0 Å². The van der Waals surface area contributed by atoms with Crippen LogP contribution in [-0.4, -0.2) is 60.1 Å². The number of amides is 1. The molecule has 1 rings (SSSR count). The lowest BCUT2D eigenvalue weighted by Crippen LogP contribution is -2.31. The van der Waals surface area contributed by atoms with Crippen LogP contribution >= 0.6 is 0 Å². The normalized spacial score (nSPS) is 10.8. The first-order valence-corrected chi connectivity index (χ1v) is 6.59. The van der Waals surface area contributed by atoms with E-state index in [1.165, 1.54) is 6.07 Å². The minimum absolute atomic E-state index is 0.0239. The van der Waals surface area contributed by atoms with Gasteiger partial charge in [-0.15, -0.1) is 0 Å². The highest BCUT2D eigenvalue weighted by atomic mass is 16.2. The molecule has 0 fully saturated rings. The van der Waals surface area contributed by atoms with Crippen LogP contribution in [0.25, 0.3) is 0 Å². The fourth-order valence-corrected chi connectivity index (χ4v) is 1.77. The zero-order valence-electron chi connectivity index (χ0n) is 12.2. The van der Waals surface area contributed by atoms with Gasteiger partial charge in [0.15, 0.2) is 0 Å². The fourth-order valence-electron chi connectivity index (χ4n) is 1.77. The molecule has 0 saturated heterocycles. The fraction of sp³-hybridized carbons (Fsp3) is 0.615. The summed E-state index contributed by atoms with van der Waals surface area (Å²) in [4.78, 5) is 37.7. The SMILES string of the molecule is CN(C)CCCN(C)C(=O)CCc1cc(=O)c(=O)[nH][nH]1. The van der Waals surface area contributed by atoms with Gasteiger partial charge >= 0.3 is 5.56 Å². The van der Waals surface area contributed by atoms with Crippen molar-refractivity contribution in [1.82, 2.24) is 20.0 Å². The molecule has 112 valence electrons. The molecule has 20 heavy (non-hydrogen) atoms. The van der Waals surface area contributed by atoms with Crippen LogP contribution in [0.5, 0.6) is 0 Å². The summed E-state index contributed by atoms with van der Waals surface area (Å²) in [5.41, 5.74) is -0.712. The maximum absolute atomic E-state index is 11.9. The Morgan fingerprint density at radius 2 is 1.85 bits per heavy atom. The van der Waals surface area contributed by atoms with Crippen molar-refractivity contribution < 1.29 is 4.79 Å². The van der Waals surface area contributed by atoms with Gasteiger partial charge in [-0.2, -0.15) is 0 Å². The Kier molecular flexibility index (Phi) is 6.17. The summed E-state index contributed by atoms with van der Waals surface area (Å²) in [6.07, 6.45) is 1.63. The number of H-pyrrole nitrogens is 2. The van der Waals surface area contributed by atoms with E-state index in [-0.39, 0.29) is 5.91 Å². The number of hydrogen-bond donors (Lipinski definition) is 2. The Morgan fingerprint density at radius 1 is 1.15 bits per heavy atom. The van der Waals surface area contributed by atoms with Crippen LogP contribution in [0.2, 0.25) is 0 Å². The highest BCUT2D eigenvalue weighted by Crippen LogP contribution is 1.99. The largest absolute Gasteiger partial charge is 0.346 e. The molecule has 7 nitrogen and oxygen atoms in total. The topological polar surface area (TPSA) is 89.3 Å². The van der Waals surface area contributed by atoms with Crippen molar-refractivity contribution >= 4 is 5.91 Å². The van der Waals surface area contributed by atoms with Crippen LogP contribution in [0.3, 0.4) is 0 Å². The number of aromatic nitrogens is 2. The Bertz CT molecular complexity index is 547. The van der Waals surface area contributed by atoms with Crippen LogP contribution in [0, 0.1) is 0 Å². The summed E-state index contributed by atoms with van der Waals surface area (Å²) in [5, 5.41) is 4.86. The number of aromatic amines is 2. The second-order valence-corrected chi connectivity index (χ2v) is 5.09. The van der Waals surface area contributed by atoms with Gasteiger partial charge in [-0.1, -0.05) is 0 Å². The maximum atomic E-state index is 11.9. The van der Waals surface area contributed by atoms with Crippen molar-refractivity contribution in [2.45, 2.75) is 19.3 Å². The molecule has 0 saturated carbocycles. The molecule has 2 N–H and O–H groups in total. The van der Waals surface area contributed by atoms with Gasteiger partial charge in [0, 0.05) is 31.8 Å². The molecule has 0 aliphatic rings. The Morgan fingerprint density at radius 3 is 2.45 bits per heavy atom. The Labute approximate surface area is 117 Å². The van der Waals surface area contributed by atoms with Crippen molar-refractivity contribution in [3.8, 4) is 0 Å². The minimum Gasteiger partial charge on any atom is -0.346 e. The predicted molar refractivity (Wildman–Crippen MR) is 76.8 cm³/mol. The van der Waals surface area contributed by atoms with E-state index in [9.17, 15) is 14.4 Å². The highest BCUT2D eigenvalue weighted by molar-refractivity contribution is 5.76. The summed E-state index contributed by atoms with van der Waals surface area (Å²) in [5.74, 6) is 0.0239. The van der Waals surface area contributed by atoms with E-state index in [0.29, 0.717) is 25.1 Å². The predicted octanol–water partition coefficient (Wildman–Crippen LogP) is -0.594. The molecule has 0 aliphatic heterocycles. The van der Waals surface area contributed by atoms with E-state index in [4.69, 9.17) is 0 Å². The highest BCUT2D eigenvalue weighted by Gasteiger charge is 2.09. The first kappa shape index (κ1) is 16.2. The second-order valence-electron chi connectivity index (χ2n) is 5.09. The molecule has 1 aromatic heterocycles. The molecule has 7 heteroatoms. The number of hydrogen-bond acceptors (Lipinski definition) is 4. The summed E-state index contributed by atoms with van der Waals surface area (Å²) in [6, 6.07) is 1.23. The average Bonchev–Trinajstić information content (AvgIpc) is 2.39. The molecule has 0 atom stereocenters. The van der Waals surface area contributed by atoms with Crippen LogP contribution in [0.1, 0.15) is 18.5 Å². The van der Waals surface area contributed by atoms with Gasteiger partial charge in [-0.05, 0) is 33.5 Å². The van der Waals surface area contributed by atoms with Gasteiger partial charge in [0.2, 0.25) is 11.3 Å². The van der Waals surface area contributed by atoms with Crippen molar-refractivity contribution in [2.75, 3.05) is 34.2 Å². The zero-order chi connectivity index (χ0) is 15.1. The molecular formula is C13H22N4O3. The lowest BCUT2D eigenvalue weighted by atomic mass is 10.2. The lowest BCUT2D eigenvalue weighted by molar-refractivity contribution is -0.129. The van der Waals surface area contributed by atoms with Crippen molar-refractivity contribution in [1.29, 1.82) is 0 Å². The Hall–Kier alpha value is -1.89. The van der Waals surface area contributed by atoms with E-state index < -0.39 is 11.0 Å². The van der Waals surface area contributed by atoms with Gasteiger partial charge in [-0.3, -0.25) is 19.5 Å². The first-order chi connectivity index (χ1) is 9.40. The van der Waals surface area contributed by atoms with Crippen LogP contribution in [0.4, 0.5) is 0 Å². The molecule has 0 bridgehead atoms. The molecule has 0 unspecified atom stereocenters. The zero-order valence-corrected chi connectivity index (χ0v) is 12.2. The number of aryl methyl sites for hydroxylation is 1. The quantitative estimate of drug-likeness (QED) is 0.654. The summed E-state index contributed by atoms with van der Waals surface area (Å²) >= 11 is 0. The van der Waals surface area contributed by atoms with Gasteiger partial charge in [0.1, 0.15) is 0 Å². The molecule has 1 amide bonds. The maximum Gasteiger partial charge on any atom is 0.310 e. The molecular weight excluding hydrogens is 260 g/mol. The summed E-state index contributed by atoms with van der Waals surface area (Å²) < 4.78 is 0. The first-order valence-electron chi connectivity index (χ1n) is 6.59. The van der Waals surface area contributed by atoms with Gasteiger partial charge < -0.3 is 14.9 Å². The van der Waals surface area contributed by atoms with Crippen LogP contribution < -0.4 is 11.0 Å². The smallest absolute Gasteiger partial charge is 0.310 e. The molecule has 0 aliphatic carbocycles. The molecule has 1 heterocycles. The number of nitrogens with zero attached hydrogens (tertiary/aromatic N) is 2. The van der Waals surface area contributed by atoms with Gasteiger partial charge in [-0.25, -0.2) is 0 Å². The van der Waals surface area contributed by atoms with E-state index in [2.05, 4.69) is 15.1 Å². The second kappa shape index (κ2) is 7.64. The van der Waals surface area contributed by atoms with Crippen molar-refractivity contribution in [3.05, 3.63) is 32.3 Å². The number of rotatable bonds is 7. The summed E-state index contributed by atoms with van der Waals surface area (Å²) in [7, 11) is 5.76. The molecule has 1 aromatic rings. The van der Waals surface area contributed by atoms with E-state index in [1.54, 1.807) is 11.9 Å². The third-order valence-corrected chi connectivity index (χ3v) is 3.00. The number of carbonyl (C=O) groups excluding carboxylic acids is 1. The van der Waals surface area contributed by atoms with E-state index in [1.807, 2.05) is 14.1 Å². The average molecular weight is 282 g/mol. The van der Waals surface area contributed by atoms with Gasteiger partial charge in [0.05, 0.1) is 0 Å². The monoisotopic (exact) mass is 282 g/mol. The third kappa shape index (κ3) is 5.40. The van der Waals surface area contributed by atoms with E-state index in [0.717, 1.165) is 13.0 Å². The van der Waals surface area contributed by atoms with Crippen LogP contribution in [0.15, 0.2) is 15.7 Å². The van der Waals surface area contributed by atoms with Crippen LogP contribution in [-0.2, 0) is 11.2 Å². The van der Waals surface area contributed by atoms with Crippen molar-refractivity contribution in [2.24, 2.45) is 0 Å². The minimum atomic E-state index is -0.680. The van der Waals surface area contributed by atoms with Crippen molar-refractivity contribution in [3.63, 3.8) is 0 Å². The Balaban J connectivity index is 2.40. The third-order valence-electron chi connectivity index (χ3n) is 3.00. The standard InChI is InChI=1S/C13H22N4O3/c1-16(2)7-4-8-17(3)12(19)6-5-10-9-11(18)13(20)15-14-10/h9H,4-8H2,1-3H3,(H,14,18)(H,15,20). The number of nitrogens with one attached hydrogen (secondary N) is 2. The number of carbonyl (C=O) groups is 1. The molecule has 0 aromatic carbocycles. The lowest BCUT2D eigenvalue weighted by Gasteiger charge is -2.18. The van der Waals surface area contributed by atoms with Gasteiger partial charge in [0.25, 0.3) is 0 Å². The summed E-state index contributed by atoms with van der Waals surface area (Å²) in [6.45, 7) is 1.64.